The van der Waals surface area contributed by atoms with Crippen molar-refractivity contribution < 1.29 is 19.4 Å². The fraction of sp³-hybridized carbons (Fsp3) is 0.640. The van der Waals surface area contributed by atoms with Crippen LogP contribution in [-0.2, 0) is 9.53 Å². The molecule has 0 bridgehead atoms. The summed E-state index contributed by atoms with van der Waals surface area (Å²) in [6.45, 7) is 6.55. The molecule has 164 valence electrons. The molecule has 0 aliphatic heterocycles. The quantitative estimate of drug-likeness (QED) is 0.182. The van der Waals surface area contributed by atoms with E-state index in [1.54, 1.807) is 12.1 Å². The lowest BCUT2D eigenvalue weighted by Gasteiger charge is -2.13. The number of ether oxygens (including phenoxy) is 2. The Balaban J connectivity index is 2.06. The molecule has 1 aromatic carbocycles. The van der Waals surface area contributed by atoms with Gasteiger partial charge in [-0.15, -0.1) is 0 Å². The number of aliphatic hydroxyl groups is 1. The normalized spacial score (nSPS) is 11.8. The average molecular weight is 405 g/mol. The monoisotopic (exact) mass is 404 g/mol. The van der Waals surface area contributed by atoms with Crippen LogP contribution in [-0.4, -0.2) is 24.8 Å². The number of benzene rings is 1. The number of methoxy groups -OCH3 is 1. The zero-order valence-electron chi connectivity index (χ0n) is 18.5. The number of esters is 1. The second-order valence-corrected chi connectivity index (χ2v) is 7.73. The molecule has 29 heavy (non-hydrogen) atoms. The van der Waals surface area contributed by atoms with Crippen LogP contribution in [0.1, 0.15) is 95.6 Å². The molecule has 0 aromatic heterocycles. The molecule has 0 aliphatic rings. The summed E-state index contributed by atoms with van der Waals surface area (Å²) in [6.07, 6.45) is 14.9. The predicted octanol–water partition coefficient (Wildman–Crippen LogP) is 6.53. The third-order valence-corrected chi connectivity index (χ3v) is 5.24. The Morgan fingerprint density at radius 1 is 0.897 bits per heavy atom. The van der Waals surface area contributed by atoms with Crippen LogP contribution < -0.4 is 4.74 Å². The van der Waals surface area contributed by atoms with Gasteiger partial charge in [0.2, 0.25) is 0 Å². The number of aliphatic hydroxyl groups excluding tert-OH is 1. The number of hydrogen-bond donors (Lipinski definition) is 1. The summed E-state index contributed by atoms with van der Waals surface area (Å²) in [5.41, 5.74) is 0.621. The maximum atomic E-state index is 11.4. The second-order valence-electron chi connectivity index (χ2n) is 7.73. The van der Waals surface area contributed by atoms with Gasteiger partial charge in [0, 0.05) is 0 Å². The first-order chi connectivity index (χ1) is 14.1. The van der Waals surface area contributed by atoms with E-state index in [0.29, 0.717) is 12.2 Å². The lowest BCUT2D eigenvalue weighted by molar-refractivity contribution is -0.137. The molecule has 0 heterocycles. The van der Waals surface area contributed by atoms with E-state index in [2.05, 4.69) is 18.2 Å². The van der Waals surface area contributed by atoms with Crippen LogP contribution in [0.15, 0.2) is 36.4 Å². The Hall–Kier alpha value is -1.81. The molecular formula is C25H40O4. The first-order valence-corrected chi connectivity index (χ1v) is 11.3. The summed E-state index contributed by atoms with van der Waals surface area (Å²) in [5, 5.41) is 10.1. The molecule has 0 saturated heterocycles. The van der Waals surface area contributed by atoms with Crippen LogP contribution in [0.3, 0.4) is 0 Å². The molecule has 0 fully saturated rings. The fourth-order valence-electron chi connectivity index (χ4n) is 3.32. The lowest BCUT2D eigenvalue weighted by atomic mass is 10.0. The van der Waals surface area contributed by atoms with Crippen LogP contribution >= 0.6 is 0 Å². The molecule has 4 heteroatoms. The highest BCUT2D eigenvalue weighted by Crippen LogP contribution is 2.23. The predicted molar refractivity (Wildman–Crippen MR) is 119 cm³/mol. The van der Waals surface area contributed by atoms with Gasteiger partial charge in [-0.05, 0) is 24.1 Å². The first-order valence-electron chi connectivity index (χ1n) is 11.3. The molecular weight excluding hydrogens is 364 g/mol. The number of carbonyl (C=O) groups excluding carboxylic acids is 1. The molecule has 0 saturated carbocycles. The van der Waals surface area contributed by atoms with E-state index in [-0.39, 0.29) is 5.57 Å². The maximum Gasteiger partial charge on any atom is 0.336 e. The zero-order valence-corrected chi connectivity index (χ0v) is 18.5. The standard InChI is InChI=1S/C25H40O4/c1-4-5-6-7-8-9-10-11-12-13-14-15-20-29-23-18-16-22(17-19-23)24(26)21(2)25(27)28-3/h16-19,24,26H,2,4-15,20H2,1,3H3. The number of hydrogen-bond acceptors (Lipinski definition) is 4. The molecule has 1 rings (SSSR count). The molecule has 1 N–H and O–H groups in total. The van der Waals surface area contributed by atoms with Crippen molar-refractivity contribution in [1.29, 1.82) is 0 Å². The van der Waals surface area contributed by atoms with Gasteiger partial charge in [0.15, 0.2) is 0 Å². The van der Waals surface area contributed by atoms with Crippen molar-refractivity contribution in [1.82, 2.24) is 0 Å². The van der Waals surface area contributed by atoms with E-state index in [9.17, 15) is 9.90 Å². The Morgan fingerprint density at radius 2 is 1.38 bits per heavy atom. The van der Waals surface area contributed by atoms with Gasteiger partial charge in [-0.3, -0.25) is 0 Å². The summed E-state index contributed by atoms with van der Waals surface area (Å²) in [4.78, 5) is 11.4. The number of carbonyl (C=O) groups is 1. The van der Waals surface area contributed by atoms with Crippen molar-refractivity contribution in [3.8, 4) is 5.75 Å². The minimum atomic E-state index is -1.06. The largest absolute Gasteiger partial charge is 0.494 e. The van der Waals surface area contributed by atoms with Crippen LogP contribution in [0.5, 0.6) is 5.75 Å². The zero-order chi connectivity index (χ0) is 21.3. The molecule has 0 radical (unpaired) electrons. The van der Waals surface area contributed by atoms with Crippen molar-refractivity contribution in [2.75, 3.05) is 13.7 Å². The van der Waals surface area contributed by atoms with E-state index in [4.69, 9.17) is 4.74 Å². The Labute approximate surface area is 177 Å². The van der Waals surface area contributed by atoms with E-state index in [1.165, 1.54) is 77.7 Å². The van der Waals surface area contributed by atoms with E-state index < -0.39 is 12.1 Å². The minimum absolute atomic E-state index is 0.0256. The van der Waals surface area contributed by atoms with Crippen LogP contribution in [0.2, 0.25) is 0 Å². The third kappa shape index (κ3) is 11.1. The highest BCUT2D eigenvalue weighted by Gasteiger charge is 2.18. The van der Waals surface area contributed by atoms with E-state index in [1.807, 2.05) is 12.1 Å². The minimum Gasteiger partial charge on any atom is -0.494 e. The fourth-order valence-corrected chi connectivity index (χ4v) is 3.32. The number of rotatable bonds is 17. The lowest BCUT2D eigenvalue weighted by Crippen LogP contribution is -2.11. The van der Waals surface area contributed by atoms with Crippen LogP contribution in [0.25, 0.3) is 0 Å². The Bertz CT molecular complexity index is 565. The van der Waals surface area contributed by atoms with Gasteiger partial charge in [-0.1, -0.05) is 96.3 Å². The average Bonchev–Trinajstić information content (AvgIpc) is 2.75. The van der Waals surface area contributed by atoms with Crippen molar-refractivity contribution >= 4 is 5.97 Å². The topological polar surface area (TPSA) is 55.8 Å². The van der Waals surface area contributed by atoms with E-state index in [0.717, 1.165) is 12.2 Å². The summed E-state index contributed by atoms with van der Waals surface area (Å²) < 4.78 is 10.4. The van der Waals surface area contributed by atoms with Crippen molar-refractivity contribution in [3.63, 3.8) is 0 Å². The van der Waals surface area contributed by atoms with Gasteiger partial charge in [0.1, 0.15) is 11.9 Å². The Morgan fingerprint density at radius 3 is 1.86 bits per heavy atom. The van der Waals surface area contributed by atoms with Crippen LogP contribution in [0.4, 0.5) is 0 Å². The second kappa shape index (κ2) is 16.0. The molecule has 1 aromatic rings. The highest BCUT2D eigenvalue weighted by molar-refractivity contribution is 5.88. The van der Waals surface area contributed by atoms with Crippen LogP contribution in [0, 0.1) is 0 Å². The summed E-state index contributed by atoms with van der Waals surface area (Å²) in [5.74, 6) is 0.164. The van der Waals surface area contributed by atoms with Crippen molar-refractivity contribution in [2.24, 2.45) is 0 Å². The third-order valence-electron chi connectivity index (χ3n) is 5.24. The number of unbranched alkanes of at least 4 members (excludes halogenated alkanes) is 11. The maximum absolute atomic E-state index is 11.4. The smallest absolute Gasteiger partial charge is 0.336 e. The molecule has 0 aliphatic carbocycles. The van der Waals surface area contributed by atoms with E-state index >= 15 is 0 Å². The van der Waals surface area contributed by atoms with Gasteiger partial charge in [0.25, 0.3) is 0 Å². The van der Waals surface area contributed by atoms with Gasteiger partial charge in [-0.25, -0.2) is 4.79 Å². The van der Waals surface area contributed by atoms with Gasteiger partial charge in [-0.2, -0.15) is 0 Å². The highest BCUT2D eigenvalue weighted by atomic mass is 16.5. The van der Waals surface area contributed by atoms with Crippen molar-refractivity contribution in [3.05, 3.63) is 42.0 Å². The summed E-state index contributed by atoms with van der Waals surface area (Å²) in [6, 6.07) is 7.11. The van der Waals surface area contributed by atoms with Gasteiger partial charge < -0.3 is 14.6 Å². The van der Waals surface area contributed by atoms with Crippen molar-refractivity contribution in [2.45, 2.75) is 90.1 Å². The molecule has 1 unspecified atom stereocenters. The summed E-state index contributed by atoms with van der Waals surface area (Å²) in [7, 11) is 1.27. The molecule has 1 atom stereocenters. The van der Waals surface area contributed by atoms with Gasteiger partial charge in [0.05, 0.1) is 19.3 Å². The Kier molecular flexibility index (Phi) is 14.0. The molecule has 0 amide bonds. The molecule has 0 spiro atoms. The summed E-state index contributed by atoms with van der Waals surface area (Å²) >= 11 is 0. The SMILES string of the molecule is C=C(C(=O)OC)C(O)c1ccc(OCCCCCCCCCCCCCC)cc1. The van der Waals surface area contributed by atoms with Gasteiger partial charge >= 0.3 is 5.97 Å². The molecule has 4 nitrogen and oxygen atoms in total. The first kappa shape index (κ1) is 25.2.